The summed E-state index contributed by atoms with van der Waals surface area (Å²) in [6, 6.07) is 10.3. The Kier molecular flexibility index (Phi) is 6.30. The summed E-state index contributed by atoms with van der Waals surface area (Å²) >= 11 is 0. The summed E-state index contributed by atoms with van der Waals surface area (Å²) in [5.41, 5.74) is -3.87. The summed E-state index contributed by atoms with van der Waals surface area (Å²) in [6.07, 6.45) is -5.16. The summed E-state index contributed by atoms with van der Waals surface area (Å²) in [6.45, 7) is 0. The zero-order chi connectivity index (χ0) is 20.9. The third kappa shape index (κ3) is 3.79. The van der Waals surface area contributed by atoms with Crippen molar-refractivity contribution in [3.8, 4) is 5.75 Å². The Bertz CT molecular complexity index is 841. The maximum atomic E-state index is 14.0. The molecule has 2 aromatic rings. The molecule has 1 unspecified atom stereocenters. The molecule has 0 saturated heterocycles. The average Bonchev–Trinajstić information content (AvgIpc) is 2.66. The number of halogens is 3. The smallest absolute Gasteiger partial charge is 0.430 e. The van der Waals surface area contributed by atoms with Crippen molar-refractivity contribution >= 4 is 11.9 Å². The molecule has 0 heterocycles. The summed E-state index contributed by atoms with van der Waals surface area (Å²) in [4.78, 5) is 24.5. The van der Waals surface area contributed by atoms with Gasteiger partial charge >= 0.3 is 12.1 Å². The second kappa shape index (κ2) is 8.30. The molecule has 1 amide bonds. The first-order valence-corrected chi connectivity index (χ1v) is 8.03. The molecule has 150 valence electrons. The van der Waals surface area contributed by atoms with Crippen molar-refractivity contribution in [1.29, 1.82) is 0 Å². The highest BCUT2D eigenvalue weighted by molar-refractivity contribution is 5.91. The van der Waals surface area contributed by atoms with Gasteiger partial charge in [0.25, 0.3) is 11.5 Å². The van der Waals surface area contributed by atoms with Crippen LogP contribution in [0.25, 0.3) is 0 Å². The molecule has 9 heteroatoms. The van der Waals surface area contributed by atoms with Gasteiger partial charge < -0.3 is 19.9 Å². The Morgan fingerprint density at radius 3 is 2.07 bits per heavy atom. The van der Waals surface area contributed by atoms with E-state index >= 15 is 0 Å². The van der Waals surface area contributed by atoms with E-state index in [1.807, 2.05) is 5.32 Å². The zero-order valence-electron chi connectivity index (χ0n) is 15.0. The number of amides is 1. The number of rotatable bonds is 7. The minimum atomic E-state index is -5.16. The van der Waals surface area contributed by atoms with Crippen LogP contribution >= 0.6 is 0 Å². The van der Waals surface area contributed by atoms with Crippen LogP contribution < -0.4 is 10.1 Å². The number of hydrogen-bond acceptors (Lipinski definition) is 4. The Morgan fingerprint density at radius 2 is 1.57 bits per heavy atom. The van der Waals surface area contributed by atoms with Crippen LogP contribution in [0, 0.1) is 0 Å². The van der Waals surface area contributed by atoms with Crippen molar-refractivity contribution in [3.05, 3.63) is 65.7 Å². The standard InChI is InChI=1S/C19H18F3NO5/c1-27-14-11-7-6-10-13(14)15(16(24)25)23-17(26)18(28-2,19(20,21)22)12-8-4-3-5-9-12/h3-11,15H,1-2H3,(H,23,26)(H,24,25)/t15-,18?/m1/s1. The molecule has 28 heavy (non-hydrogen) atoms. The van der Waals surface area contributed by atoms with Gasteiger partial charge in [-0.2, -0.15) is 13.2 Å². The Hall–Kier alpha value is -3.07. The lowest BCUT2D eigenvalue weighted by Crippen LogP contribution is -2.57. The minimum Gasteiger partial charge on any atom is -0.496 e. The van der Waals surface area contributed by atoms with Gasteiger partial charge in [-0.3, -0.25) is 4.79 Å². The van der Waals surface area contributed by atoms with Crippen LogP contribution in [0.15, 0.2) is 54.6 Å². The average molecular weight is 397 g/mol. The quantitative estimate of drug-likeness (QED) is 0.750. The summed E-state index contributed by atoms with van der Waals surface area (Å²) in [5, 5.41) is 11.5. The van der Waals surface area contributed by atoms with Crippen molar-refractivity contribution in [2.75, 3.05) is 14.2 Å². The monoisotopic (exact) mass is 397 g/mol. The van der Waals surface area contributed by atoms with Crippen molar-refractivity contribution in [3.63, 3.8) is 0 Å². The molecule has 2 atom stereocenters. The third-order valence-electron chi connectivity index (χ3n) is 4.18. The second-order valence-electron chi connectivity index (χ2n) is 5.74. The fourth-order valence-corrected chi connectivity index (χ4v) is 2.83. The molecule has 0 aromatic heterocycles. The van der Waals surface area contributed by atoms with Crippen LogP contribution in [0.1, 0.15) is 17.2 Å². The number of hydrogen-bond donors (Lipinski definition) is 2. The van der Waals surface area contributed by atoms with Gasteiger partial charge in [-0.05, 0) is 6.07 Å². The molecule has 2 N–H and O–H groups in total. The van der Waals surface area contributed by atoms with E-state index in [9.17, 15) is 27.9 Å². The molecule has 0 radical (unpaired) electrons. The largest absolute Gasteiger partial charge is 0.496 e. The first kappa shape index (κ1) is 21.2. The maximum Gasteiger partial charge on any atom is 0.430 e. The van der Waals surface area contributed by atoms with Crippen molar-refractivity contribution in [2.24, 2.45) is 0 Å². The third-order valence-corrected chi connectivity index (χ3v) is 4.18. The Labute approximate surface area is 158 Å². The van der Waals surface area contributed by atoms with Crippen LogP contribution in [-0.4, -0.2) is 37.4 Å². The summed E-state index contributed by atoms with van der Waals surface area (Å²) < 4.78 is 51.6. The van der Waals surface area contributed by atoms with Gasteiger partial charge in [-0.25, -0.2) is 4.79 Å². The highest BCUT2D eigenvalue weighted by Crippen LogP contribution is 2.42. The summed E-state index contributed by atoms with van der Waals surface area (Å²) in [5.74, 6) is -3.12. The number of aliphatic carboxylic acids is 1. The number of benzene rings is 2. The number of ether oxygens (including phenoxy) is 2. The van der Waals surface area contributed by atoms with Crippen molar-refractivity contribution in [1.82, 2.24) is 5.32 Å². The summed E-state index contributed by atoms with van der Waals surface area (Å²) in [7, 11) is 2.01. The fourth-order valence-electron chi connectivity index (χ4n) is 2.83. The SMILES string of the molecule is COc1ccccc1[C@@H](NC(=O)C(OC)(c1ccccc1)C(F)(F)F)C(=O)O. The maximum absolute atomic E-state index is 14.0. The predicted molar refractivity (Wildman–Crippen MR) is 92.7 cm³/mol. The van der Waals surface area contributed by atoms with Gasteiger partial charge in [0.1, 0.15) is 5.75 Å². The molecule has 0 saturated carbocycles. The number of alkyl halides is 3. The van der Waals surface area contributed by atoms with Crippen LogP contribution in [0.5, 0.6) is 5.75 Å². The number of carboxylic acid groups (broad SMARTS) is 1. The lowest BCUT2D eigenvalue weighted by Gasteiger charge is -2.34. The first-order chi connectivity index (χ1) is 13.2. The molecule has 0 aliphatic rings. The number of carboxylic acids is 1. The zero-order valence-corrected chi connectivity index (χ0v) is 15.0. The van der Waals surface area contributed by atoms with Crippen molar-refractivity contribution in [2.45, 2.75) is 17.8 Å². The molecular formula is C19H18F3NO5. The number of carbonyl (C=O) groups is 2. The second-order valence-corrected chi connectivity index (χ2v) is 5.74. The van der Waals surface area contributed by atoms with Gasteiger partial charge in [0.05, 0.1) is 7.11 Å². The molecule has 0 aliphatic carbocycles. The van der Waals surface area contributed by atoms with Gasteiger partial charge in [-0.1, -0.05) is 48.5 Å². The Morgan fingerprint density at radius 1 is 1.00 bits per heavy atom. The van der Waals surface area contributed by atoms with Crippen LogP contribution in [0.3, 0.4) is 0 Å². The molecule has 2 rings (SSSR count). The van der Waals surface area contributed by atoms with E-state index in [0.717, 1.165) is 19.2 Å². The van der Waals surface area contributed by atoms with E-state index in [2.05, 4.69) is 4.74 Å². The van der Waals surface area contributed by atoms with E-state index < -0.39 is 35.3 Å². The number of methoxy groups -OCH3 is 2. The van der Waals surface area contributed by atoms with Crippen LogP contribution in [-0.2, 0) is 19.9 Å². The molecular weight excluding hydrogens is 379 g/mol. The number of carbonyl (C=O) groups excluding carboxylic acids is 1. The molecule has 0 aliphatic heterocycles. The fraction of sp³-hybridized carbons (Fsp3) is 0.263. The van der Waals surface area contributed by atoms with E-state index in [1.165, 1.54) is 43.5 Å². The van der Waals surface area contributed by atoms with Gasteiger partial charge in [0, 0.05) is 18.2 Å². The van der Waals surface area contributed by atoms with Crippen molar-refractivity contribution < 1.29 is 37.3 Å². The predicted octanol–water partition coefficient (Wildman–Crippen LogP) is 3.04. The van der Waals surface area contributed by atoms with Crippen LogP contribution in [0.2, 0.25) is 0 Å². The highest BCUT2D eigenvalue weighted by atomic mass is 19.4. The van der Waals surface area contributed by atoms with E-state index in [1.54, 1.807) is 6.07 Å². The van der Waals surface area contributed by atoms with Gasteiger partial charge in [-0.15, -0.1) is 0 Å². The molecule has 0 fully saturated rings. The number of nitrogens with one attached hydrogen (secondary N) is 1. The van der Waals surface area contributed by atoms with E-state index in [-0.39, 0.29) is 11.3 Å². The molecule has 0 spiro atoms. The van der Waals surface area contributed by atoms with Crippen LogP contribution in [0.4, 0.5) is 13.2 Å². The molecule has 0 bridgehead atoms. The van der Waals surface area contributed by atoms with E-state index in [0.29, 0.717) is 0 Å². The lowest BCUT2D eigenvalue weighted by molar-refractivity contribution is -0.266. The topological polar surface area (TPSA) is 84.9 Å². The van der Waals surface area contributed by atoms with Gasteiger partial charge in [0.2, 0.25) is 0 Å². The highest BCUT2D eigenvalue weighted by Gasteiger charge is 2.63. The van der Waals surface area contributed by atoms with Gasteiger partial charge in [0.15, 0.2) is 6.04 Å². The first-order valence-electron chi connectivity index (χ1n) is 8.03. The number of para-hydroxylation sites is 1. The molecule has 6 nitrogen and oxygen atoms in total. The lowest BCUT2D eigenvalue weighted by atomic mass is 9.90. The molecule has 2 aromatic carbocycles. The normalized spacial score (nSPS) is 14.6. The Balaban J connectivity index is 2.54. The minimum absolute atomic E-state index is 0.00825. The van der Waals surface area contributed by atoms with E-state index in [4.69, 9.17) is 4.74 Å².